The second-order valence-corrected chi connectivity index (χ2v) is 5.02. The zero-order chi connectivity index (χ0) is 15.4. The van der Waals surface area contributed by atoms with Crippen molar-refractivity contribution >= 4 is 23.6 Å². The summed E-state index contributed by atoms with van der Waals surface area (Å²) in [7, 11) is 0. The third-order valence-corrected chi connectivity index (χ3v) is 3.23. The third kappa shape index (κ3) is 3.29. The van der Waals surface area contributed by atoms with Crippen LogP contribution >= 0.6 is 11.6 Å². The molecule has 0 amide bonds. The number of aromatic nitrogens is 4. The van der Waals surface area contributed by atoms with Crippen LogP contribution in [0.4, 0.5) is 5.82 Å². The summed E-state index contributed by atoms with van der Waals surface area (Å²) in [6, 6.07) is 9.22. The largest absolute Gasteiger partial charge is 0.261 e. The van der Waals surface area contributed by atoms with E-state index in [9.17, 15) is 0 Å². The van der Waals surface area contributed by atoms with Gasteiger partial charge in [0.05, 0.1) is 12.4 Å². The summed E-state index contributed by atoms with van der Waals surface area (Å²) < 4.78 is 1.68. The van der Waals surface area contributed by atoms with Crippen LogP contribution in [0, 0.1) is 6.92 Å². The Labute approximate surface area is 132 Å². The van der Waals surface area contributed by atoms with Crippen LogP contribution in [0.3, 0.4) is 0 Å². The molecule has 2 heterocycles. The van der Waals surface area contributed by atoms with E-state index >= 15 is 0 Å². The minimum absolute atomic E-state index is 0.571. The first-order valence-corrected chi connectivity index (χ1v) is 6.97. The first kappa shape index (κ1) is 14.2. The van der Waals surface area contributed by atoms with E-state index in [1.165, 1.54) is 6.33 Å². The van der Waals surface area contributed by atoms with E-state index in [0.29, 0.717) is 16.7 Å². The molecule has 0 fully saturated rings. The molecule has 110 valence electrons. The van der Waals surface area contributed by atoms with Gasteiger partial charge < -0.3 is 0 Å². The predicted octanol–water partition coefficient (Wildman–Crippen LogP) is 3.07. The van der Waals surface area contributed by atoms with E-state index in [2.05, 4.69) is 25.6 Å². The number of halogens is 1. The molecule has 0 radical (unpaired) electrons. The molecule has 0 aliphatic rings. The van der Waals surface area contributed by atoms with Crippen molar-refractivity contribution in [1.29, 1.82) is 0 Å². The maximum atomic E-state index is 6.06. The normalized spacial score (nSPS) is 11.0. The van der Waals surface area contributed by atoms with Crippen LogP contribution in [0.15, 0.2) is 54.2 Å². The minimum Gasteiger partial charge on any atom is -0.261 e. The Kier molecular flexibility index (Phi) is 4.11. The van der Waals surface area contributed by atoms with Gasteiger partial charge in [-0.15, -0.1) is 0 Å². The molecule has 0 atom stereocenters. The van der Waals surface area contributed by atoms with Gasteiger partial charge in [0.15, 0.2) is 11.6 Å². The lowest BCUT2D eigenvalue weighted by atomic mass is 10.2. The third-order valence-electron chi connectivity index (χ3n) is 2.89. The average Bonchev–Trinajstić information content (AvgIpc) is 2.96. The lowest BCUT2D eigenvalue weighted by Gasteiger charge is -2.03. The van der Waals surface area contributed by atoms with E-state index in [4.69, 9.17) is 11.6 Å². The molecular formula is C15H13ClN6. The van der Waals surface area contributed by atoms with E-state index in [1.807, 2.05) is 37.4 Å². The second kappa shape index (κ2) is 6.36. The van der Waals surface area contributed by atoms with Crippen LogP contribution in [0.1, 0.15) is 11.1 Å². The SMILES string of the molecule is Cc1cnn(-c2cc(N/N=C/c3ccccc3Cl)ncn2)c1. The number of aryl methyl sites for hydroxylation is 1. The molecule has 1 aromatic carbocycles. The highest BCUT2D eigenvalue weighted by atomic mass is 35.5. The van der Waals surface area contributed by atoms with Crippen LogP contribution in [0.2, 0.25) is 5.02 Å². The van der Waals surface area contributed by atoms with Crippen molar-refractivity contribution < 1.29 is 0 Å². The van der Waals surface area contributed by atoms with Crippen molar-refractivity contribution in [3.8, 4) is 5.82 Å². The molecule has 0 spiro atoms. The molecule has 0 aliphatic carbocycles. The Morgan fingerprint density at radius 1 is 1.27 bits per heavy atom. The topological polar surface area (TPSA) is 68.0 Å². The number of nitrogens with zero attached hydrogens (tertiary/aromatic N) is 5. The van der Waals surface area contributed by atoms with Crippen LogP contribution in [-0.4, -0.2) is 26.0 Å². The molecule has 0 saturated carbocycles. The fourth-order valence-electron chi connectivity index (χ4n) is 1.82. The Balaban J connectivity index is 1.75. The van der Waals surface area contributed by atoms with Gasteiger partial charge in [-0.3, -0.25) is 5.43 Å². The summed E-state index contributed by atoms with van der Waals surface area (Å²) in [5.41, 5.74) is 4.74. The highest BCUT2D eigenvalue weighted by Gasteiger charge is 2.02. The summed E-state index contributed by atoms with van der Waals surface area (Å²) in [5, 5.41) is 8.98. The number of nitrogens with one attached hydrogen (secondary N) is 1. The highest BCUT2D eigenvalue weighted by Crippen LogP contribution is 2.13. The Bertz CT molecular complexity index is 811. The zero-order valence-electron chi connectivity index (χ0n) is 11.8. The fourth-order valence-corrected chi connectivity index (χ4v) is 2.00. The average molecular weight is 313 g/mol. The second-order valence-electron chi connectivity index (χ2n) is 4.62. The lowest BCUT2D eigenvalue weighted by molar-refractivity contribution is 0.839. The van der Waals surface area contributed by atoms with Crippen molar-refractivity contribution in [2.75, 3.05) is 5.43 Å². The molecule has 2 aromatic heterocycles. The van der Waals surface area contributed by atoms with Gasteiger partial charge in [0, 0.05) is 22.8 Å². The van der Waals surface area contributed by atoms with E-state index in [1.54, 1.807) is 23.2 Å². The molecule has 0 saturated heterocycles. The molecule has 6 nitrogen and oxygen atoms in total. The maximum Gasteiger partial charge on any atom is 0.158 e. The summed E-state index contributed by atoms with van der Waals surface area (Å²) in [5.74, 6) is 1.24. The number of hydrazone groups is 1. The number of anilines is 1. The molecule has 7 heteroatoms. The summed E-state index contributed by atoms with van der Waals surface area (Å²) in [4.78, 5) is 8.29. The smallest absolute Gasteiger partial charge is 0.158 e. The lowest BCUT2D eigenvalue weighted by Crippen LogP contribution is -2.01. The van der Waals surface area contributed by atoms with Crippen molar-refractivity contribution in [3.63, 3.8) is 0 Å². The standard InChI is InChI=1S/C15H13ClN6/c1-11-7-20-22(9-11)15-6-14(17-10-18-15)21-19-8-12-4-2-3-5-13(12)16/h2-10H,1H3,(H,17,18,21)/b19-8+. The predicted molar refractivity (Wildman–Crippen MR) is 86.6 cm³/mol. The molecular weight excluding hydrogens is 300 g/mol. The molecule has 0 unspecified atom stereocenters. The summed E-state index contributed by atoms with van der Waals surface area (Å²) in [6.45, 7) is 1.97. The summed E-state index contributed by atoms with van der Waals surface area (Å²) >= 11 is 6.06. The Morgan fingerprint density at radius 3 is 2.91 bits per heavy atom. The van der Waals surface area contributed by atoms with Crippen molar-refractivity contribution in [2.24, 2.45) is 5.10 Å². The van der Waals surface area contributed by atoms with E-state index in [0.717, 1.165) is 11.1 Å². The van der Waals surface area contributed by atoms with Crippen LogP contribution in [-0.2, 0) is 0 Å². The number of benzene rings is 1. The number of hydrogen-bond donors (Lipinski definition) is 1. The molecule has 0 aliphatic heterocycles. The molecule has 22 heavy (non-hydrogen) atoms. The Hall–Kier alpha value is -2.73. The zero-order valence-corrected chi connectivity index (χ0v) is 12.6. The van der Waals surface area contributed by atoms with Crippen molar-refractivity contribution in [1.82, 2.24) is 19.7 Å². The highest BCUT2D eigenvalue weighted by molar-refractivity contribution is 6.33. The molecule has 1 N–H and O–H groups in total. The first-order valence-electron chi connectivity index (χ1n) is 6.60. The minimum atomic E-state index is 0.571. The fraction of sp³-hybridized carbons (Fsp3) is 0.0667. The van der Waals surface area contributed by atoms with Gasteiger partial charge in [-0.25, -0.2) is 14.6 Å². The van der Waals surface area contributed by atoms with Gasteiger partial charge in [0.25, 0.3) is 0 Å². The van der Waals surface area contributed by atoms with Gasteiger partial charge in [0.2, 0.25) is 0 Å². The quantitative estimate of drug-likeness (QED) is 0.594. The van der Waals surface area contributed by atoms with E-state index < -0.39 is 0 Å². The monoisotopic (exact) mass is 312 g/mol. The van der Waals surface area contributed by atoms with Crippen LogP contribution in [0.5, 0.6) is 0 Å². The van der Waals surface area contributed by atoms with E-state index in [-0.39, 0.29) is 0 Å². The van der Waals surface area contributed by atoms with Crippen molar-refractivity contribution in [2.45, 2.75) is 6.92 Å². The maximum absolute atomic E-state index is 6.06. The molecule has 0 bridgehead atoms. The van der Waals surface area contributed by atoms with Crippen LogP contribution in [0.25, 0.3) is 5.82 Å². The first-order chi connectivity index (χ1) is 10.7. The van der Waals surface area contributed by atoms with Gasteiger partial charge in [0.1, 0.15) is 6.33 Å². The Morgan fingerprint density at radius 2 is 2.14 bits per heavy atom. The van der Waals surface area contributed by atoms with Gasteiger partial charge in [-0.2, -0.15) is 10.2 Å². The summed E-state index contributed by atoms with van der Waals surface area (Å²) in [6.07, 6.45) is 6.76. The van der Waals surface area contributed by atoms with Gasteiger partial charge in [-0.1, -0.05) is 29.8 Å². The van der Waals surface area contributed by atoms with Gasteiger partial charge in [-0.05, 0) is 18.6 Å². The van der Waals surface area contributed by atoms with Crippen molar-refractivity contribution in [3.05, 3.63) is 65.2 Å². The molecule has 3 rings (SSSR count). The molecule has 3 aromatic rings. The number of rotatable bonds is 4. The van der Waals surface area contributed by atoms with Gasteiger partial charge >= 0.3 is 0 Å². The van der Waals surface area contributed by atoms with Crippen LogP contribution < -0.4 is 5.43 Å². The number of hydrogen-bond acceptors (Lipinski definition) is 5.